The van der Waals surface area contributed by atoms with Crippen LogP contribution in [0.4, 0.5) is 4.39 Å². The van der Waals surface area contributed by atoms with E-state index in [9.17, 15) is 14.3 Å². The molecule has 0 amide bonds. The lowest BCUT2D eigenvalue weighted by atomic mass is 10.1. The van der Waals surface area contributed by atoms with Crippen LogP contribution in [-0.2, 0) is 20.8 Å². The van der Waals surface area contributed by atoms with Gasteiger partial charge in [-0.2, -0.15) is 0 Å². The molecule has 0 fully saturated rings. The first-order valence-corrected chi connectivity index (χ1v) is 11.3. The Morgan fingerprint density at radius 1 is 1.11 bits per heavy atom. The van der Waals surface area contributed by atoms with Gasteiger partial charge in [0.1, 0.15) is 24.8 Å². The average molecular weight is 486 g/mol. The van der Waals surface area contributed by atoms with Gasteiger partial charge in [0.2, 0.25) is 5.89 Å². The number of carbonyl (C=O) groups is 1. The Morgan fingerprint density at radius 3 is 2.51 bits per heavy atom. The van der Waals surface area contributed by atoms with Gasteiger partial charge in [-0.25, -0.2) is 9.18 Å². The summed E-state index contributed by atoms with van der Waals surface area (Å²) in [4.78, 5) is 16.7. The highest BCUT2D eigenvalue weighted by Crippen LogP contribution is 2.19. The summed E-state index contributed by atoms with van der Waals surface area (Å²) in [5.74, 6) is -0.491. The van der Waals surface area contributed by atoms with E-state index in [4.69, 9.17) is 18.7 Å². The summed E-state index contributed by atoms with van der Waals surface area (Å²) in [5.41, 5.74) is 1.67. The van der Waals surface area contributed by atoms with Gasteiger partial charge in [0.15, 0.2) is 11.8 Å². The quantitative estimate of drug-likeness (QED) is 0.201. The number of aliphatic carboxylic acids is 1. The highest BCUT2D eigenvalue weighted by atomic mass is 19.1. The highest BCUT2D eigenvalue weighted by molar-refractivity contribution is 5.97. The molecule has 186 valence electrons. The van der Waals surface area contributed by atoms with Crippen LogP contribution in [0.15, 0.2) is 58.1 Å². The van der Waals surface area contributed by atoms with Gasteiger partial charge >= 0.3 is 5.97 Å². The highest BCUT2D eigenvalue weighted by Gasteiger charge is 2.19. The van der Waals surface area contributed by atoms with Crippen molar-refractivity contribution in [1.29, 1.82) is 0 Å². The van der Waals surface area contributed by atoms with E-state index in [-0.39, 0.29) is 30.6 Å². The van der Waals surface area contributed by atoms with Crippen molar-refractivity contribution in [2.75, 3.05) is 19.8 Å². The SMILES string of the molecule is CCCCON=C(COc1ccc(CC(OCC)C(=O)O)cc1)c1nnc(-c2ccc(F)cc2)o1. The second-order valence-corrected chi connectivity index (χ2v) is 7.56. The monoisotopic (exact) mass is 485 g/mol. The zero-order chi connectivity index (χ0) is 25.0. The van der Waals surface area contributed by atoms with Crippen LogP contribution in [0.3, 0.4) is 0 Å². The first-order valence-electron chi connectivity index (χ1n) is 11.3. The van der Waals surface area contributed by atoms with Gasteiger partial charge in [-0.05, 0) is 55.3 Å². The third kappa shape index (κ3) is 7.89. The number of oxime groups is 1. The standard InChI is InChI=1S/C25H28FN3O6/c1-3-5-14-34-29-21(24-28-27-23(35-24)18-8-10-19(26)11-9-18)16-33-20-12-6-17(7-13-20)15-22(25(30)31)32-4-2/h6-13,22H,3-5,14-16H2,1-2H3,(H,30,31). The van der Waals surface area contributed by atoms with Gasteiger partial charge in [0, 0.05) is 18.6 Å². The fourth-order valence-corrected chi connectivity index (χ4v) is 3.01. The number of carboxylic acids is 1. The molecule has 1 N–H and O–H groups in total. The lowest BCUT2D eigenvalue weighted by Gasteiger charge is -2.13. The number of halogens is 1. The second kappa shape index (κ2) is 13.2. The first kappa shape index (κ1) is 25.8. The molecular formula is C25H28FN3O6. The van der Waals surface area contributed by atoms with E-state index in [0.717, 1.165) is 18.4 Å². The predicted molar refractivity (Wildman–Crippen MR) is 126 cm³/mol. The minimum absolute atomic E-state index is 0.00673. The normalized spacial score (nSPS) is 12.4. The van der Waals surface area contributed by atoms with Gasteiger partial charge in [0.25, 0.3) is 5.89 Å². The molecule has 3 aromatic rings. The maximum atomic E-state index is 13.2. The van der Waals surface area contributed by atoms with Crippen LogP contribution in [0, 0.1) is 5.82 Å². The van der Waals surface area contributed by atoms with E-state index in [1.54, 1.807) is 43.3 Å². The summed E-state index contributed by atoms with van der Waals surface area (Å²) in [7, 11) is 0. The van der Waals surface area contributed by atoms with E-state index in [1.807, 2.05) is 6.92 Å². The lowest BCUT2D eigenvalue weighted by Crippen LogP contribution is -2.26. The largest absolute Gasteiger partial charge is 0.487 e. The Kier molecular flexibility index (Phi) is 9.73. The van der Waals surface area contributed by atoms with E-state index < -0.39 is 12.1 Å². The molecule has 1 atom stereocenters. The minimum atomic E-state index is -1.00. The summed E-state index contributed by atoms with van der Waals surface area (Å²) in [6, 6.07) is 12.7. The molecule has 0 saturated carbocycles. The van der Waals surface area contributed by atoms with Crippen LogP contribution < -0.4 is 4.74 Å². The Hall–Kier alpha value is -3.79. The summed E-state index contributed by atoms with van der Waals surface area (Å²) in [5, 5.41) is 21.4. The van der Waals surface area contributed by atoms with Crippen LogP contribution in [0.5, 0.6) is 5.75 Å². The molecule has 1 heterocycles. The van der Waals surface area contributed by atoms with Crippen molar-refractivity contribution in [3.63, 3.8) is 0 Å². The third-order valence-electron chi connectivity index (χ3n) is 4.89. The van der Waals surface area contributed by atoms with Gasteiger partial charge in [-0.1, -0.05) is 30.6 Å². The Bertz CT molecular complexity index is 1100. The maximum Gasteiger partial charge on any atom is 0.333 e. The van der Waals surface area contributed by atoms with Crippen molar-refractivity contribution in [2.45, 2.75) is 39.2 Å². The predicted octanol–water partition coefficient (Wildman–Crippen LogP) is 4.51. The maximum absolute atomic E-state index is 13.2. The van der Waals surface area contributed by atoms with Crippen LogP contribution in [0.2, 0.25) is 0 Å². The summed E-state index contributed by atoms with van der Waals surface area (Å²) >= 11 is 0. The van der Waals surface area contributed by atoms with Gasteiger partial charge in [-0.15, -0.1) is 10.2 Å². The zero-order valence-electron chi connectivity index (χ0n) is 19.6. The van der Waals surface area contributed by atoms with Crippen LogP contribution in [-0.4, -0.2) is 52.9 Å². The molecule has 1 aromatic heterocycles. The molecule has 0 bridgehead atoms. The van der Waals surface area contributed by atoms with E-state index in [1.165, 1.54) is 12.1 Å². The molecule has 2 aromatic carbocycles. The topological polar surface area (TPSA) is 116 Å². The van der Waals surface area contributed by atoms with E-state index >= 15 is 0 Å². The van der Waals surface area contributed by atoms with E-state index in [0.29, 0.717) is 30.2 Å². The van der Waals surface area contributed by atoms with Crippen molar-refractivity contribution < 1.29 is 33.0 Å². The molecule has 0 aliphatic heterocycles. The number of unbranched alkanes of at least 4 members (excludes halogenated alkanes) is 1. The third-order valence-corrected chi connectivity index (χ3v) is 4.89. The summed E-state index contributed by atoms with van der Waals surface area (Å²) in [6.07, 6.45) is 1.13. The Labute approximate surface area is 202 Å². The fraction of sp³-hybridized carbons (Fsp3) is 0.360. The van der Waals surface area contributed by atoms with Crippen LogP contribution in [0.1, 0.15) is 38.1 Å². The minimum Gasteiger partial charge on any atom is -0.487 e. The molecule has 35 heavy (non-hydrogen) atoms. The number of rotatable bonds is 14. The molecule has 0 saturated heterocycles. The van der Waals surface area contributed by atoms with Gasteiger partial charge < -0.3 is 23.8 Å². The Morgan fingerprint density at radius 2 is 1.86 bits per heavy atom. The molecule has 0 radical (unpaired) electrons. The van der Waals surface area contributed by atoms with Gasteiger partial charge in [-0.3, -0.25) is 0 Å². The van der Waals surface area contributed by atoms with Gasteiger partial charge in [0.05, 0.1) is 0 Å². The molecular weight excluding hydrogens is 457 g/mol. The molecule has 0 aliphatic carbocycles. The summed E-state index contributed by atoms with van der Waals surface area (Å²) in [6.45, 7) is 4.54. The number of ether oxygens (including phenoxy) is 2. The molecule has 0 aliphatic rings. The van der Waals surface area contributed by atoms with Crippen LogP contribution in [0.25, 0.3) is 11.5 Å². The zero-order valence-corrected chi connectivity index (χ0v) is 19.6. The number of carboxylic acid groups (broad SMARTS) is 1. The van der Waals surface area contributed by atoms with Crippen molar-refractivity contribution in [2.24, 2.45) is 5.16 Å². The van der Waals surface area contributed by atoms with Crippen molar-refractivity contribution >= 4 is 11.7 Å². The first-order chi connectivity index (χ1) is 17.0. The number of aromatic nitrogens is 2. The summed E-state index contributed by atoms with van der Waals surface area (Å²) < 4.78 is 30.0. The average Bonchev–Trinajstić information content (AvgIpc) is 3.34. The Balaban J connectivity index is 1.68. The second-order valence-electron chi connectivity index (χ2n) is 7.56. The number of benzene rings is 2. The smallest absolute Gasteiger partial charge is 0.333 e. The molecule has 1 unspecified atom stereocenters. The lowest BCUT2D eigenvalue weighted by molar-refractivity contribution is -0.149. The fourth-order valence-electron chi connectivity index (χ4n) is 3.01. The molecule has 3 rings (SSSR count). The molecule has 10 heteroatoms. The molecule has 9 nitrogen and oxygen atoms in total. The number of hydrogen-bond acceptors (Lipinski definition) is 8. The van der Waals surface area contributed by atoms with Crippen molar-refractivity contribution in [3.8, 4) is 17.2 Å². The van der Waals surface area contributed by atoms with Crippen molar-refractivity contribution in [3.05, 3.63) is 65.8 Å². The van der Waals surface area contributed by atoms with Crippen LogP contribution >= 0.6 is 0 Å². The molecule has 0 spiro atoms. The number of hydrogen-bond donors (Lipinski definition) is 1. The number of nitrogens with zero attached hydrogens (tertiary/aromatic N) is 3. The van der Waals surface area contributed by atoms with E-state index in [2.05, 4.69) is 15.4 Å². The van der Waals surface area contributed by atoms with Crippen molar-refractivity contribution in [1.82, 2.24) is 10.2 Å².